The fraction of sp³-hybridized carbons (Fsp3) is 0.577. The highest BCUT2D eigenvalue weighted by Gasteiger charge is 2.27. The first-order valence-corrected chi connectivity index (χ1v) is 13.3. The number of hydrogen-bond donors (Lipinski definition) is 1. The molecule has 0 amide bonds. The summed E-state index contributed by atoms with van der Waals surface area (Å²) >= 11 is 1.40. The fourth-order valence-corrected chi connectivity index (χ4v) is 6.15. The Labute approximate surface area is 208 Å². The number of nitrogens with zero attached hydrogens (tertiary/aromatic N) is 3. The predicted molar refractivity (Wildman–Crippen MR) is 132 cm³/mol. The summed E-state index contributed by atoms with van der Waals surface area (Å²) in [6, 6.07) is 5.71. The molecule has 1 N–H and O–H groups in total. The van der Waals surface area contributed by atoms with Gasteiger partial charge in [-0.1, -0.05) is 24.2 Å². The van der Waals surface area contributed by atoms with Gasteiger partial charge in [0, 0.05) is 36.9 Å². The first-order valence-electron chi connectivity index (χ1n) is 12.5. The van der Waals surface area contributed by atoms with Crippen molar-refractivity contribution in [2.75, 3.05) is 19.7 Å². The molecule has 0 atom stereocenters. The molecule has 0 saturated heterocycles. The van der Waals surface area contributed by atoms with Gasteiger partial charge in [-0.15, -0.1) is 0 Å². The quantitative estimate of drug-likeness (QED) is 0.370. The molecule has 1 fully saturated rings. The number of carbonyl (C=O) groups is 1. The number of halogens is 2. The van der Waals surface area contributed by atoms with Crippen LogP contribution in [0.15, 0.2) is 24.5 Å². The van der Waals surface area contributed by atoms with Gasteiger partial charge >= 0.3 is 0 Å². The van der Waals surface area contributed by atoms with Crippen molar-refractivity contribution in [3.8, 4) is 5.19 Å². The molecule has 188 valence electrons. The maximum Gasteiger partial charge on any atom is 0.278 e. The second kappa shape index (κ2) is 10.3. The highest BCUT2D eigenvalue weighted by atomic mass is 32.1. The van der Waals surface area contributed by atoms with E-state index in [9.17, 15) is 13.6 Å². The molecule has 0 unspecified atom stereocenters. The molecular formula is C26H32F2N4O2S. The van der Waals surface area contributed by atoms with E-state index < -0.39 is 12.5 Å². The number of hydrogen-bond acceptors (Lipinski definition) is 6. The van der Waals surface area contributed by atoms with Crippen LogP contribution in [0.4, 0.5) is 8.78 Å². The number of H-pyrrole nitrogens is 1. The number of fused-ring (bicyclic) bond motifs is 2. The number of Topliss-reactive ketones (excluding diaryl/α,β-unsaturated/α-hetero) is 1. The number of ether oxygens (including phenoxy) is 1. The van der Waals surface area contributed by atoms with E-state index in [4.69, 9.17) is 4.74 Å². The number of aromatic amines is 1. The molecule has 0 radical (unpaired) electrons. The van der Waals surface area contributed by atoms with Gasteiger partial charge in [0.1, 0.15) is 0 Å². The normalized spacial score (nSPS) is 21.2. The first-order chi connectivity index (χ1) is 16.8. The average Bonchev–Trinajstić information content (AvgIpc) is 3.47. The third-order valence-electron chi connectivity index (χ3n) is 7.27. The standard InChI is InChI=1S/C26H32F2N4O2S/c1-26(27,28)15-34-25-31-22-14-32(11-9-24(22)35-25)10-8-17-2-4-18(5-3-17)12-23(33)19-6-7-20-21(13-19)30-16-29-20/h6-7,13,16-18H,2-5,8-12,14-15H2,1H3,(H,29,30). The zero-order valence-electron chi connectivity index (χ0n) is 20.1. The number of aromatic nitrogens is 3. The highest BCUT2D eigenvalue weighted by Crippen LogP contribution is 2.35. The van der Waals surface area contributed by atoms with Gasteiger partial charge in [-0.05, 0) is 62.3 Å². The smallest absolute Gasteiger partial charge is 0.278 e. The molecule has 0 spiro atoms. The molecule has 1 aliphatic carbocycles. The van der Waals surface area contributed by atoms with E-state index in [1.54, 1.807) is 6.33 Å². The zero-order valence-corrected chi connectivity index (χ0v) is 20.9. The van der Waals surface area contributed by atoms with Crippen molar-refractivity contribution in [3.63, 3.8) is 0 Å². The van der Waals surface area contributed by atoms with Gasteiger partial charge in [-0.25, -0.2) is 18.7 Å². The van der Waals surface area contributed by atoms with Crippen molar-refractivity contribution < 1.29 is 18.3 Å². The van der Waals surface area contributed by atoms with Crippen LogP contribution in [0.5, 0.6) is 5.19 Å². The summed E-state index contributed by atoms with van der Waals surface area (Å²) in [6.07, 6.45) is 8.92. The Morgan fingerprint density at radius 2 is 2.06 bits per heavy atom. The largest absolute Gasteiger partial charge is 0.464 e. The number of thiazole rings is 1. The van der Waals surface area contributed by atoms with Gasteiger partial charge < -0.3 is 9.72 Å². The topological polar surface area (TPSA) is 71.1 Å². The number of benzene rings is 1. The molecule has 3 aromatic rings. The van der Waals surface area contributed by atoms with Crippen molar-refractivity contribution in [1.29, 1.82) is 0 Å². The number of carbonyl (C=O) groups excluding carboxylic acids is 1. The summed E-state index contributed by atoms with van der Waals surface area (Å²) in [7, 11) is 0. The second-order valence-electron chi connectivity index (χ2n) is 10.2. The molecule has 2 aliphatic rings. The molecule has 35 heavy (non-hydrogen) atoms. The lowest BCUT2D eigenvalue weighted by molar-refractivity contribution is -0.0230. The maximum absolute atomic E-state index is 13.1. The van der Waals surface area contributed by atoms with E-state index in [1.807, 2.05) is 18.2 Å². The van der Waals surface area contributed by atoms with Crippen LogP contribution < -0.4 is 4.74 Å². The predicted octanol–water partition coefficient (Wildman–Crippen LogP) is 5.88. The summed E-state index contributed by atoms with van der Waals surface area (Å²) in [5, 5.41) is 0.357. The molecule has 0 bridgehead atoms. The summed E-state index contributed by atoms with van der Waals surface area (Å²) in [6.45, 7) is 3.00. The number of imidazole rings is 1. The van der Waals surface area contributed by atoms with Crippen molar-refractivity contribution in [2.45, 2.75) is 64.3 Å². The van der Waals surface area contributed by atoms with Gasteiger partial charge in [0.05, 0.1) is 23.1 Å². The number of ketones is 1. The molecule has 5 rings (SSSR count). The van der Waals surface area contributed by atoms with Crippen LogP contribution in [-0.4, -0.2) is 51.3 Å². The SMILES string of the molecule is CC(F)(F)COc1nc2c(s1)CCN(CCC1CCC(CC(=O)c3ccc4nc[nH]c4c3)CC1)C2. The van der Waals surface area contributed by atoms with Gasteiger partial charge in [-0.3, -0.25) is 9.69 Å². The zero-order chi connectivity index (χ0) is 24.4. The minimum atomic E-state index is -2.85. The average molecular weight is 503 g/mol. The second-order valence-corrected chi connectivity index (χ2v) is 11.2. The van der Waals surface area contributed by atoms with Crippen molar-refractivity contribution >= 4 is 28.2 Å². The van der Waals surface area contributed by atoms with E-state index in [-0.39, 0.29) is 5.78 Å². The van der Waals surface area contributed by atoms with Crippen LogP contribution in [0.25, 0.3) is 11.0 Å². The van der Waals surface area contributed by atoms with Crippen molar-refractivity contribution in [1.82, 2.24) is 19.9 Å². The number of alkyl halides is 2. The first kappa shape index (κ1) is 24.3. The molecule has 3 heterocycles. The van der Waals surface area contributed by atoms with Crippen molar-refractivity contribution in [2.24, 2.45) is 11.8 Å². The maximum atomic E-state index is 13.1. The molecule has 1 aromatic carbocycles. The lowest BCUT2D eigenvalue weighted by Crippen LogP contribution is -2.32. The summed E-state index contributed by atoms with van der Waals surface area (Å²) in [5.74, 6) is -1.45. The molecule has 1 saturated carbocycles. The van der Waals surface area contributed by atoms with Crippen LogP contribution in [-0.2, 0) is 13.0 Å². The van der Waals surface area contributed by atoms with Crippen LogP contribution in [0.2, 0.25) is 0 Å². The van der Waals surface area contributed by atoms with Gasteiger partial charge in [0.25, 0.3) is 11.1 Å². The Balaban J connectivity index is 1.04. The molecule has 9 heteroatoms. The van der Waals surface area contributed by atoms with E-state index in [2.05, 4.69) is 19.9 Å². The Morgan fingerprint density at radius 1 is 1.26 bits per heavy atom. The Hall–Kier alpha value is -2.39. The lowest BCUT2D eigenvalue weighted by atomic mass is 9.78. The van der Waals surface area contributed by atoms with Gasteiger partial charge in [-0.2, -0.15) is 0 Å². The van der Waals surface area contributed by atoms with Crippen molar-refractivity contribution in [3.05, 3.63) is 40.7 Å². The monoisotopic (exact) mass is 502 g/mol. The van der Waals surface area contributed by atoms with Gasteiger partial charge in [0.2, 0.25) is 0 Å². The third-order valence-corrected chi connectivity index (χ3v) is 8.34. The highest BCUT2D eigenvalue weighted by molar-refractivity contribution is 7.13. The summed E-state index contributed by atoms with van der Waals surface area (Å²) in [4.78, 5) is 28.1. The van der Waals surface area contributed by atoms with Crippen LogP contribution in [0, 0.1) is 11.8 Å². The van der Waals surface area contributed by atoms with Crippen LogP contribution in [0.1, 0.15) is 66.4 Å². The Morgan fingerprint density at radius 3 is 2.86 bits per heavy atom. The lowest BCUT2D eigenvalue weighted by Gasteiger charge is -2.31. The summed E-state index contributed by atoms with van der Waals surface area (Å²) in [5.41, 5.74) is 3.54. The number of rotatable bonds is 9. The van der Waals surface area contributed by atoms with E-state index in [0.717, 1.165) is 79.4 Å². The van der Waals surface area contributed by atoms with Crippen LogP contribution >= 0.6 is 11.3 Å². The van der Waals surface area contributed by atoms with E-state index in [1.165, 1.54) is 24.2 Å². The molecule has 2 aromatic heterocycles. The van der Waals surface area contributed by atoms with E-state index >= 15 is 0 Å². The molecule has 6 nitrogen and oxygen atoms in total. The van der Waals surface area contributed by atoms with E-state index in [0.29, 0.717) is 23.5 Å². The van der Waals surface area contributed by atoms with Gasteiger partial charge in [0.15, 0.2) is 12.4 Å². The van der Waals surface area contributed by atoms with Crippen LogP contribution in [0.3, 0.4) is 0 Å². The number of nitrogens with one attached hydrogen (secondary N) is 1. The minimum Gasteiger partial charge on any atom is -0.464 e. The summed E-state index contributed by atoms with van der Waals surface area (Å²) < 4.78 is 31.3. The fourth-order valence-electron chi connectivity index (χ4n) is 5.25. The molecular weight excluding hydrogens is 470 g/mol. The minimum absolute atomic E-state index is 0.225. The molecule has 1 aliphatic heterocycles. The Kier molecular flexibility index (Phi) is 7.16. The Bertz CT molecular complexity index is 1160. The third kappa shape index (κ3) is 6.25.